The zero-order valence-electron chi connectivity index (χ0n) is 12.8. The van der Waals surface area contributed by atoms with Crippen LogP contribution in [0.2, 0.25) is 0 Å². The molecule has 2 amide bonds. The topological polar surface area (TPSA) is 63.4 Å². The average molecular weight is 365 g/mol. The summed E-state index contributed by atoms with van der Waals surface area (Å²) < 4.78 is 0. The molecule has 2 aromatic rings. The van der Waals surface area contributed by atoms with Gasteiger partial charge in [-0.2, -0.15) is 23.8 Å². The van der Waals surface area contributed by atoms with E-state index in [9.17, 15) is 9.59 Å². The summed E-state index contributed by atoms with van der Waals surface area (Å²) in [5, 5.41) is 2.12. The maximum absolute atomic E-state index is 12.4. The third kappa shape index (κ3) is 3.11. The average Bonchev–Trinajstić information content (AvgIpc) is 2.75. The van der Waals surface area contributed by atoms with Crippen LogP contribution >= 0.6 is 0 Å². The van der Waals surface area contributed by atoms with Crippen molar-refractivity contribution in [3.8, 4) is 0 Å². The van der Waals surface area contributed by atoms with Gasteiger partial charge in [-0.1, -0.05) is 31.2 Å². The summed E-state index contributed by atoms with van der Waals surface area (Å²) in [6.07, 6.45) is 0. The van der Waals surface area contributed by atoms with Gasteiger partial charge in [-0.25, -0.2) is 0 Å². The molecule has 3 rings (SSSR count). The smallest absolute Gasteiger partial charge is 0.366 e. The summed E-state index contributed by atoms with van der Waals surface area (Å²) in [6, 6.07) is 10.9. The number of nitrogens with two attached hydrogens (primary N) is 1. The predicted octanol–water partition coefficient (Wildman–Crippen LogP) is -1.05. The third-order valence-electron chi connectivity index (χ3n) is 3.80. The fraction of sp³-hybridized carbons (Fsp3) is 0.176. The van der Waals surface area contributed by atoms with E-state index in [0.717, 1.165) is 21.9 Å². The first-order valence-electron chi connectivity index (χ1n) is 6.68. The minimum atomic E-state index is -0.576. The molecule has 0 unspecified atom stereocenters. The molecule has 0 radical (unpaired) electrons. The number of carbonyl (C=O) groups is 2. The van der Waals surface area contributed by atoms with E-state index in [0.29, 0.717) is 12.1 Å². The largest absolute Gasteiger partial charge is 1.00 e. The van der Waals surface area contributed by atoms with E-state index in [-0.39, 0.29) is 76.2 Å². The summed E-state index contributed by atoms with van der Waals surface area (Å²) >= 11 is 0. The SMILES string of the molecule is C=C(CN1Cc2c(ccc3cc(C)[c-]cc23)C1=O)C(N)=O.[Rb+]. The molecule has 0 aliphatic carbocycles. The van der Waals surface area contributed by atoms with E-state index in [1.165, 1.54) is 0 Å². The number of nitrogens with zero attached hydrogens (tertiary/aromatic N) is 1. The molecule has 0 saturated heterocycles. The second-order valence-electron chi connectivity index (χ2n) is 5.34. The van der Waals surface area contributed by atoms with Crippen molar-refractivity contribution in [1.29, 1.82) is 0 Å². The molecule has 0 aromatic heterocycles. The number of primary amides is 1. The van der Waals surface area contributed by atoms with E-state index in [1.54, 1.807) is 4.90 Å². The van der Waals surface area contributed by atoms with E-state index >= 15 is 0 Å². The standard InChI is InChI=1S/C17H15N2O2.Rb/c1-10-3-5-13-12(7-10)4-6-14-15(13)9-19(17(14)21)8-11(2)16(18)20;/h4-7H,2,8-9H2,1H3,(H2,18,20);/q-1;+1. The number of benzene rings is 2. The van der Waals surface area contributed by atoms with Crippen LogP contribution in [-0.2, 0) is 11.3 Å². The maximum Gasteiger partial charge on any atom is 1.00 e. The fourth-order valence-corrected chi connectivity index (χ4v) is 2.68. The monoisotopic (exact) mass is 364 g/mol. The Hall–Kier alpha value is -0.815. The van der Waals surface area contributed by atoms with Crippen LogP contribution in [-0.4, -0.2) is 23.3 Å². The van der Waals surface area contributed by atoms with Crippen LogP contribution in [0.3, 0.4) is 0 Å². The molecule has 0 fully saturated rings. The molecule has 0 saturated carbocycles. The molecule has 2 N–H and O–H groups in total. The first-order valence-corrected chi connectivity index (χ1v) is 6.68. The van der Waals surface area contributed by atoms with Crippen LogP contribution in [0.4, 0.5) is 0 Å². The van der Waals surface area contributed by atoms with Gasteiger partial charge >= 0.3 is 58.2 Å². The van der Waals surface area contributed by atoms with Crippen LogP contribution in [0.1, 0.15) is 21.5 Å². The molecule has 1 aliphatic heterocycles. The van der Waals surface area contributed by atoms with Crippen molar-refractivity contribution in [2.45, 2.75) is 13.5 Å². The van der Waals surface area contributed by atoms with Crippen LogP contribution in [0.25, 0.3) is 10.8 Å². The van der Waals surface area contributed by atoms with E-state index in [1.807, 2.05) is 31.2 Å². The van der Waals surface area contributed by atoms with Crippen molar-refractivity contribution in [1.82, 2.24) is 4.90 Å². The van der Waals surface area contributed by atoms with Gasteiger partial charge in [0.25, 0.3) is 5.91 Å². The molecule has 0 bridgehead atoms. The summed E-state index contributed by atoms with van der Waals surface area (Å²) in [5.41, 5.74) is 8.15. The molecule has 22 heavy (non-hydrogen) atoms. The Morgan fingerprint density at radius 2 is 2.18 bits per heavy atom. The minimum absolute atomic E-state index is 0. The van der Waals surface area contributed by atoms with Gasteiger partial charge in [-0.15, -0.1) is 10.8 Å². The summed E-state index contributed by atoms with van der Waals surface area (Å²) in [7, 11) is 0. The molecule has 1 heterocycles. The second kappa shape index (κ2) is 6.75. The van der Waals surface area contributed by atoms with Gasteiger partial charge in [-0.3, -0.25) is 9.59 Å². The van der Waals surface area contributed by atoms with Crippen molar-refractivity contribution in [2.75, 3.05) is 6.54 Å². The number of fused-ring (bicyclic) bond motifs is 3. The van der Waals surface area contributed by atoms with Gasteiger partial charge in [0.15, 0.2) is 0 Å². The maximum atomic E-state index is 12.4. The van der Waals surface area contributed by atoms with Crippen molar-refractivity contribution in [2.24, 2.45) is 5.73 Å². The van der Waals surface area contributed by atoms with Crippen LogP contribution < -0.4 is 63.9 Å². The van der Waals surface area contributed by atoms with Crippen molar-refractivity contribution < 1.29 is 67.8 Å². The molecular weight excluding hydrogens is 350 g/mol. The molecule has 2 aromatic carbocycles. The normalized spacial score (nSPS) is 13.0. The number of hydrogen-bond donors (Lipinski definition) is 1. The molecular formula is C17H15N2O2Rb. The van der Waals surface area contributed by atoms with E-state index in [2.05, 4.69) is 12.6 Å². The zero-order chi connectivity index (χ0) is 15.1. The number of amides is 2. The molecule has 106 valence electrons. The van der Waals surface area contributed by atoms with Gasteiger partial charge in [0.1, 0.15) is 0 Å². The molecule has 0 atom stereocenters. The Morgan fingerprint density at radius 3 is 2.86 bits per heavy atom. The minimum Gasteiger partial charge on any atom is -0.366 e. The zero-order valence-corrected chi connectivity index (χ0v) is 17.7. The first kappa shape index (κ1) is 17.5. The Bertz CT molecular complexity index is 799. The second-order valence-corrected chi connectivity index (χ2v) is 5.34. The third-order valence-corrected chi connectivity index (χ3v) is 3.80. The fourth-order valence-electron chi connectivity index (χ4n) is 2.68. The Labute approximate surface area is 178 Å². The molecule has 0 spiro atoms. The van der Waals surface area contributed by atoms with Gasteiger partial charge in [0, 0.05) is 17.7 Å². The predicted molar refractivity (Wildman–Crippen MR) is 80.6 cm³/mol. The Balaban J connectivity index is 0.00000176. The Kier molecular flexibility index (Phi) is 5.38. The van der Waals surface area contributed by atoms with Crippen LogP contribution in [0.15, 0.2) is 36.4 Å². The van der Waals surface area contributed by atoms with Crippen molar-refractivity contribution in [3.05, 3.63) is 59.2 Å². The summed E-state index contributed by atoms with van der Waals surface area (Å²) in [5.74, 6) is -0.664. The van der Waals surface area contributed by atoms with E-state index < -0.39 is 5.91 Å². The van der Waals surface area contributed by atoms with Gasteiger partial charge in [0.05, 0.1) is 6.54 Å². The van der Waals surface area contributed by atoms with Crippen molar-refractivity contribution >= 4 is 22.6 Å². The number of carbonyl (C=O) groups excluding carboxylic acids is 2. The quantitative estimate of drug-likeness (QED) is 0.558. The number of rotatable bonds is 3. The van der Waals surface area contributed by atoms with Gasteiger partial charge < -0.3 is 10.6 Å². The Morgan fingerprint density at radius 1 is 1.45 bits per heavy atom. The van der Waals surface area contributed by atoms with E-state index in [4.69, 9.17) is 5.73 Å². The van der Waals surface area contributed by atoms with Crippen molar-refractivity contribution in [3.63, 3.8) is 0 Å². The number of aryl methyl sites for hydroxylation is 1. The summed E-state index contributed by atoms with van der Waals surface area (Å²) in [4.78, 5) is 25.1. The van der Waals surface area contributed by atoms with Gasteiger partial charge in [0.2, 0.25) is 5.91 Å². The first-order chi connectivity index (χ1) is 9.97. The molecule has 5 heteroatoms. The molecule has 1 aliphatic rings. The van der Waals surface area contributed by atoms with Crippen LogP contribution in [0, 0.1) is 13.0 Å². The van der Waals surface area contributed by atoms with Gasteiger partial charge in [-0.05, 0) is 0 Å². The summed E-state index contributed by atoms with van der Waals surface area (Å²) in [6.45, 7) is 6.23. The molecule has 4 nitrogen and oxygen atoms in total. The number of hydrogen-bond acceptors (Lipinski definition) is 2. The van der Waals surface area contributed by atoms with Crippen LogP contribution in [0.5, 0.6) is 0 Å².